The van der Waals surface area contributed by atoms with Gasteiger partial charge in [0.05, 0.1) is 24.2 Å². The molecule has 0 spiro atoms. The van der Waals surface area contributed by atoms with E-state index >= 15 is 0 Å². The quantitative estimate of drug-likeness (QED) is 0.270. The summed E-state index contributed by atoms with van der Waals surface area (Å²) < 4.78 is 26.2. The first-order valence-corrected chi connectivity index (χ1v) is 18.9. The molecule has 8 nitrogen and oxygen atoms in total. The van der Waals surface area contributed by atoms with E-state index < -0.39 is 66.5 Å². The van der Waals surface area contributed by atoms with E-state index in [-0.39, 0.29) is 25.2 Å². The fourth-order valence-electron chi connectivity index (χ4n) is 9.16. The van der Waals surface area contributed by atoms with Crippen molar-refractivity contribution in [2.75, 3.05) is 6.61 Å². The van der Waals surface area contributed by atoms with Crippen molar-refractivity contribution in [3.8, 4) is 0 Å². The Hall–Kier alpha value is -2.33. The zero-order valence-electron chi connectivity index (χ0n) is 27.7. The van der Waals surface area contributed by atoms with E-state index in [1.165, 1.54) is 6.92 Å². The summed E-state index contributed by atoms with van der Waals surface area (Å²) in [4.78, 5) is 41.3. The highest BCUT2D eigenvalue weighted by atomic mass is 28.4. The maximum absolute atomic E-state index is 14.5. The van der Waals surface area contributed by atoms with Gasteiger partial charge in [-0.1, -0.05) is 65.3 Å². The lowest BCUT2D eigenvalue weighted by Crippen LogP contribution is -2.80. The highest BCUT2D eigenvalue weighted by Gasteiger charge is 2.76. The maximum atomic E-state index is 14.5. The molecule has 9 heteroatoms. The Balaban J connectivity index is 1.78. The fraction of sp³-hybridized carbons (Fsp3) is 0.686. The van der Waals surface area contributed by atoms with Crippen molar-refractivity contribution in [1.29, 1.82) is 0 Å². The number of carbonyl (C=O) groups excluding carboxylic acids is 3. The molecule has 2 saturated carbocycles. The van der Waals surface area contributed by atoms with Crippen molar-refractivity contribution in [3.05, 3.63) is 47.0 Å². The minimum Gasteiger partial charge on any atom is -0.455 e. The molecule has 1 aromatic rings. The number of hydrogen-bond donors (Lipinski definition) is 1. The Morgan fingerprint density at radius 2 is 1.70 bits per heavy atom. The molecule has 5 rings (SSSR count). The summed E-state index contributed by atoms with van der Waals surface area (Å²) in [7, 11) is -2.22. The number of ketones is 1. The van der Waals surface area contributed by atoms with Crippen molar-refractivity contribution < 1.29 is 38.1 Å². The Labute approximate surface area is 263 Å². The summed E-state index contributed by atoms with van der Waals surface area (Å²) in [6.07, 6.45) is -0.738. The average Bonchev–Trinajstić information content (AvgIpc) is 2.97. The summed E-state index contributed by atoms with van der Waals surface area (Å²) in [5.41, 5.74) is -2.92. The second-order valence-electron chi connectivity index (χ2n) is 14.4. The molecule has 242 valence electrons. The number of allylic oxidation sites excluding steroid dienone is 1. The van der Waals surface area contributed by atoms with E-state index in [1.54, 1.807) is 24.3 Å². The van der Waals surface area contributed by atoms with Crippen LogP contribution in [0.1, 0.15) is 91.4 Å². The molecule has 1 N–H and O–H groups in total. The lowest BCUT2D eigenvalue weighted by atomic mass is 9.45. The minimum atomic E-state index is -2.22. The summed E-state index contributed by atoms with van der Waals surface area (Å²) in [6, 6.07) is 11.5. The molecule has 0 unspecified atom stereocenters. The number of ether oxygens (including phenoxy) is 3. The number of hydrogen-bond acceptors (Lipinski definition) is 8. The Kier molecular flexibility index (Phi) is 8.62. The predicted octanol–water partition coefficient (Wildman–Crippen LogP) is 6.17. The van der Waals surface area contributed by atoms with Crippen molar-refractivity contribution in [2.45, 2.75) is 129 Å². The average molecular weight is 627 g/mol. The van der Waals surface area contributed by atoms with Crippen LogP contribution in [0.2, 0.25) is 18.1 Å². The Morgan fingerprint density at radius 3 is 2.25 bits per heavy atom. The SMILES string of the molecule is CC[Si](CC)(CC)O[C@H]1C[C@H]2OC[C@@]2(OC(C)=O)[C@H]2[C@H](OC(=O)c3ccccc3)[C@]3(O)CCC(C)=C(C(=O)C[C@]12C)C3(C)C. The van der Waals surface area contributed by atoms with Gasteiger partial charge in [-0.05, 0) is 50.0 Å². The number of aliphatic hydroxyl groups is 1. The summed E-state index contributed by atoms with van der Waals surface area (Å²) in [5.74, 6) is -1.85. The molecule has 3 fully saturated rings. The molecular weight excluding hydrogens is 576 g/mol. The van der Waals surface area contributed by atoms with Gasteiger partial charge in [-0.15, -0.1) is 0 Å². The van der Waals surface area contributed by atoms with Gasteiger partial charge in [0.1, 0.15) is 17.8 Å². The van der Waals surface area contributed by atoms with E-state index in [2.05, 4.69) is 20.8 Å². The first-order valence-electron chi connectivity index (χ1n) is 16.4. The summed E-state index contributed by atoms with van der Waals surface area (Å²) in [5, 5.41) is 13.0. The minimum absolute atomic E-state index is 0.0343. The number of benzene rings is 1. The molecule has 1 aliphatic heterocycles. The third-order valence-electron chi connectivity index (χ3n) is 12.0. The molecule has 7 atom stereocenters. The van der Waals surface area contributed by atoms with Crippen molar-refractivity contribution in [1.82, 2.24) is 0 Å². The highest BCUT2D eigenvalue weighted by Crippen LogP contribution is 2.65. The van der Waals surface area contributed by atoms with Gasteiger partial charge in [-0.25, -0.2) is 4.79 Å². The van der Waals surface area contributed by atoms with Crippen LogP contribution >= 0.6 is 0 Å². The van der Waals surface area contributed by atoms with Gasteiger partial charge in [0.25, 0.3) is 0 Å². The molecular formula is C35H50O8Si. The maximum Gasteiger partial charge on any atom is 0.338 e. The molecule has 1 heterocycles. The number of rotatable bonds is 8. The molecule has 44 heavy (non-hydrogen) atoms. The third kappa shape index (κ3) is 4.84. The van der Waals surface area contributed by atoms with E-state index in [0.717, 1.165) is 23.7 Å². The summed E-state index contributed by atoms with van der Waals surface area (Å²) >= 11 is 0. The van der Waals surface area contributed by atoms with Crippen LogP contribution in [0.15, 0.2) is 41.5 Å². The lowest BCUT2D eigenvalue weighted by molar-refractivity contribution is -0.347. The second-order valence-corrected chi connectivity index (χ2v) is 19.1. The van der Waals surface area contributed by atoms with Crippen LogP contribution in [0.4, 0.5) is 0 Å². The van der Waals surface area contributed by atoms with Gasteiger partial charge in [0.2, 0.25) is 0 Å². The van der Waals surface area contributed by atoms with Crippen LogP contribution in [-0.2, 0) is 28.2 Å². The van der Waals surface area contributed by atoms with Gasteiger partial charge in [0, 0.05) is 36.2 Å². The van der Waals surface area contributed by atoms with E-state index in [0.29, 0.717) is 24.0 Å². The van der Waals surface area contributed by atoms with Gasteiger partial charge >= 0.3 is 11.9 Å². The smallest absolute Gasteiger partial charge is 0.338 e. The molecule has 2 bridgehead atoms. The van der Waals surface area contributed by atoms with Crippen LogP contribution in [0.3, 0.4) is 0 Å². The van der Waals surface area contributed by atoms with Crippen LogP contribution in [0, 0.1) is 16.7 Å². The van der Waals surface area contributed by atoms with Gasteiger partial charge in [-0.3, -0.25) is 9.59 Å². The molecule has 0 aromatic heterocycles. The third-order valence-corrected chi connectivity index (χ3v) is 16.6. The van der Waals surface area contributed by atoms with E-state index in [1.807, 2.05) is 33.8 Å². The predicted molar refractivity (Wildman–Crippen MR) is 168 cm³/mol. The molecule has 0 amide bonds. The first kappa shape index (κ1) is 33.0. The zero-order valence-corrected chi connectivity index (χ0v) is 28.7. The van der Waals surface area contributed by atoms with Crippen LogP contribution in [0.5, 0.6) is 0 Å². The molecule has 1 saturated heterocycles. The van der Waals surface area contributed by atoms with Gasteiger partial charge < -0.3 is 23.7 Å². The molecule has 1 aromatic carbocycles. The second kappa shape index (κ2) is 11.5. The summed E-state index contributed by atoms with van der Waals surface area (Å²) in [6.45, 7) is 15.7. The normalized spacial score (nSPS) is 36.2. The van der Waals surface area contributed by atoms with Crippen LogP contribution < -0.4 is 0 Å². The standard InChI is InChI=1S/C35H50O8Si/c1-9-44(10-2,11-3)43-26-19-27-34(21-40-27,42-23(5)36)29-30(41-31(38)24-15-13-12-14-16-24)35(39)18-17-22(4)28(32(35,6)7)25(37)20-33(26,29)8/h12-16,26-27,29-30,39H,9-11,17-21H2,1-8H3/t26-,27+,29-,30-,33+,34-,35+/m0/s1. The number of esters is 2. The lowest BCUT2D eigenvalue weighted by Gasteiger charge is -2.68. The van der Waals surface area contributed by atoms with E-state index in [9.17, 15) is 19.5 Å². The largest absolute Gasteiger partial charge is 0.455 e. The number of carbonyl (C=O) groups is 3. The molecule has 3 aliphatic carbocycles. The highest BCUT2D eigenvalue weighted by molar-refractivity contribution is 6.73. The Bertz CT molecular complexity index is 1330. The zero-order chi connectivity index (χ0) is 32.3. The Morgan fingerprint density at radius 1 is 1.07 bits per heavy atom. The van der Waals surface area contributed by atoms with Crippen molar-refractivity contribution >= 4 is 26.0 Å². The monoisotopic (exact) mass is 626 g/mol. The van der Waals surface area contributed by atoms with Gasteiger partial charge in [0.15, 0.2) is 19.7 Å². The van der Waals surface area contributed by atoms with Crippen molar-refractivity contribution in [2.24, 2.45) is 16.7 Å². The van der Waals surface area contributed by atoms with Crippen LogP contribution in [0.25, 0.3) is 0 Å². The van der Waals surface area contributed by atoms with Gasteiger partial charge in [-0.2, -0.15) is 0 Å². The van der Waals surface area contributed by atoms with Crippen molar-refractivity contribution in [3.63, 3.8) is 0 Å². The number of fused-ring (bicyclic) bond motifs is 5. The number of Topliss-reactive ketones (excluding diaryl/α,β-unsaturated/α-hetero) is 1. The fourth-order valence-corrected chi connectivity index (χ4v) is 12.1. The van der Waals surface area contributed by atoms with E-state index in [4.69, 9.17) is 18.6 Å². The molecule has 0 radical (unpaired) electrons. The molecule has 4 aliphatic rings. The van der Waals surface area contributed by atoms with Crippen LogP contribution in [-0.4, -0.2) is 67.3 Å². The topological polar surface area (TPSA) is 108 Å². The first-order chi connectivity index (χ1) is 20.6.